The molecule has 0 fully saturated rings. The topological polar surface area (TPSA) is 49.2 Å². The predicted octanol–water partition coefficient (Wildman–Crippen LogP) is 2.77. The smallest absolute Gasteiger partial charge is 0.187 e. The zero-order valence-corrected chi connectivity index (χ0v) is 13.2. The molecule has 1 aliphatic heterocycles. The summed E-state index contributed by atoms with van der Waals surface area (Å²) in [5, 5.41) is 11.0. The van der Waals surface area contributed by atoms with Gasteiger partial charge >= 0.3 is 0 Å². The molecule has 21 heavy (non-hydrogen) atoms. The third-order valence-electron chi connectivity index (χ3n) is 3.89. The number of aromatic hydroxyl groups is 1. The van der Waals surface area contributed by atoms with Gasteiger partial charge in [-0.1, -0.05) is 30.0 Å². The Morgan fingerprint density at radius 2 is 2.24 bits per heavy atom. The quantitative estimate of drug-likeness (QED) is 0.698. The van der Waals surface area contributed by atoms with Gasteiger partial charge in [-0.3, -0.25) is 4.90 Å². The number of aryl methyl sites for hydroxylation is 1. The number of rotatable bonds is 3. The number of aromatic nitrogens is 2. The van der Waals surface area contributed by atoms with Gasteiger partial charge in [-0.2, -0.15) is 0 Å². The van der Waals surface area contributed by atoms with Crippen LogP contribution in [0.4, 0.5) is 0 Å². The summed E-state index contributed by atoms with van der Waals surface area (Å²) in [7, 11) is 0. The van der Waals surface area contributed by atoms with E-state index in [1.807, 2.05) is 37.6 Å². The fourth-order valence-corrected chi connectivity index (χ4v) is 3.04. The van der Waals surface area contributed by atoms with Crippen LogP contribution in [0, 0.1) is 6.92 Å². The molecule has 2 aromatic rings. The fourth-order valence-electron chi connectivity index (χ4n) is 2.68. The molecule has 0 unspecified atom stereocenters. The second kappa shape index (κ2) is 6.03. The zero-order valence-electron chi connectivity index (χ0n) is 12.3. The third-order valence-corrected chi connectivity index (χ3v) is 4.45. The van der Waals surface area contributed by atoms with E-state index in [1.165, 1.54) is 11.3 Å². The van der Waals surface area contributed by atoms with Crippen LogP contribution in [0.3, 0.4) is 0 Å². The van der Waals surface area contributed by atoms with Crippen LogP contribution in [0.1, 0.15) is 22.4 Å². The molecule has 3 rings (SSSR count). The second-order valence-electron chi connectivity index (χ2n) is 5.37. The number of nitrogens with zero attached hydrogens (tertiary/aromatic N) is 3. The molecule has 1 aromatic heterocycles. The highest BCUT2D eigenvalue weighted by Crippen LogP contribution is 2.25. The van der Waals surface area contributed by atoms with Crippen molar-refractivity contribution in [3.63, 3.8) is 0 Å². The number of hydrogen-bond acceptors (Lipinski definition) is 5. The Balaban J connectivity index is 1.76. The zero-order chi connectivity index (χ0) is 14.8. The van der Waals surface area contributed by atoms with Crippen molar-refractivity contribution in [1.82, 2.24) is 14.9 Å². The van der Waals surface area contributed by atoms with E-state index in [0.29, 0.717) is 5.75 Å². The van der Waals surface area contributed by atoms with Crippen molar-refractivity contribution in [3.8, 4) is 5.75 Å². The standard InChI is InChI=1S/C16H19N3OS/c1-11-4-3-5-12(15(11)20)9-19-7-6-14-13(10-19)8-17-16(18-14)21-2/h3-5,8,20H,6-7,9-10H2,1-2H3. The van der Waals surface area contributed by atoms with Crippen LogP contribution in [-0.4, -0.2) is 32.8 Å². The van der Waals surface area contributed by atoms with Gasteiger partial charge in [-0.25, -0.2) is 9.97 Å². The van der Waals surface area contributed by atoms with Gasteiger partial charge in [0, 0.05) is 43.4 Å². The SMILES string of the molecule is CSc1ncc2c(n1)CCN(Cc1cccc(C)c1O)C2. The highest BCUT2D eigenvalue weighted by atomic mass is 32.2. The monoisotopic (exact) mass is 301 g/mol. The molecule has 1 N–H and O–H groups in total. The van der Waals surface area contributed by atoms with E-state index < -0.39 is 0 Å². The molecule has 5 heteroatoms. The van der Waals surface area contributed by atoms with Gasteiger partial charge in [0.05, 0.1) is 5.69 Å². The maximum atomic E-state index is 10.1. The Morgan fingerprint density at radius 3 is 3.05 bits per heavy atom. The summed E-state index contributed by atoms with van der Waals surface area (Å²) in [5.74, 6) is 0.414. The Hall–Kier alpha value is -1.59. The first-order valence-corrected chi connectivity index (χ1v) is 8.28. The minimum Gasteiger partial charge on any atom is -0.507 e. The molecule has 0 amide bonds. The fraction of sp³-hybridized carbons (Fsp3) is 0.375. The predicted molar refractivity (Wildman–Crippen MR) is 84.5 cm³/mol. The summed E-state index contributed by atoms with van der Waals surface area (Å²) in [5.41, 5.74) is 4.28. The summed E-state index contributed by atoms with van der Waals surface area (Å²) in [6.07, 6.45) is 4.88. The molecule has 1 aliphatic rings. The average molecular weight is 301 g/mol. The highest BCUT2D eigenvalue weighted by molar-refractivity contribution is 7.98. The van der Waals surface area contributed by atoms with Gasteiger partial charge in [0.25, 0.3) is 0 Å². The van der Waals surface area contributed by atoms with Crippen LogP contribution in [0.15, 0.2) is 29.6 Å². The van der Waals surface area contributed by atoms with Crippen LogP contribution in [0.5, 0.6) is 5.75 Å². The molecule has 0 atom stereocenters. The highest BCUT2D eigenvalue weighted by Gasteiger charge is 2.19. The van der Waals surface area contributed by atoms with Crippen molar-refractivity contribution in [3.05, 3.63) is 46.8 Å². The van der Waals surface area contributed by atoms with Gasteiger partial charge < -0.3 is 5.11 Å². The van der Waals surface area contributed by atoms with Gasteiger partial charge in [0.15, 0.2) is 5.16 Å². The molecule has 4 nitrogen and oxygen atoms in total. The first-order valence-electron chi connectivity index (χ1n) is 7.06. The minimum atomic E-state index is 0.414. The molecule has 0 saturated heterocycles. The van der Waals surface area contributed by atoms with Crippen molar-refractivity contribution in [2.24, 2.45) is 0 Å². The average Bonchev–Trinajstić information content (AvgIpc) is 2.51. The number of fused-ring (bicyclic) bond motifs is 1. The molecular formula is C16H19N3OS. The molecule has 0 spiro atoms. The van der Waals surface area contributed by atoms with Gasteiger partial charge in [-0.15, -0.1) is 0 Å². The first kappa shape index (κ1) is 14.4. The van der Waals surface area contributed by atoms with E-state index in [2.05, 4.69) is 14.9 Å². The molecule has 0 aliphatic carbocycles. The lowest BCUT2D eigenvalue weighted by molar-refractivity contribution is 0.239. The molecular weight excluding hydrogens is 282 g/mol. The number of phenols is 1. The molecule has 110 valence electrons. The summed E-state index contributed by atoms with van der Waals surface area (Å²) in [4.78, 5) is 11.3. The Labute approximate surface area is 129 Å². The lowest BCUT2D eigenvalue weighted by Gasteiger charge is -2.28. The minimum absolute atomic E-state index is 0.414. The maximum absolute atomic E-state index is 10.1. The number of thioether (sulfide) groups is 1. The number of phenolic OH excluding ortho intramolecular Hbond substituents is 1. The van der Waals surface area contributed by atoms with Gasteiger partial charge in [-0.05, 0) is 18.7 Å². The van der Waals surface area contributed by atoms with Crippen molar-refractivity contribution >= 4 is 11.8 Å². The number of para-hydroxylation sites is 1. The van der Waals surface area contributed by atoms with Crippen LogP contribution in [0.2, 0.25) is 0 Å². The van der Waals surface area contributed by atoms with E-state index >= 15 is 0 Å². The van der Waals surface area contributed by atoms with Crippen LogP contribution >= 0.6 is 11.8 Å². The summed E-state index contributed by atoms with van der Waals surface area (Å²) in [6.45, 7) is 4.50. The number of hydrogen-bond donors (Lipinski definition) is 1. The molecule has 0 radical (unpaired) electrons. The summed E-state index contributed by atoms with van der Waals surface area (Å²) >= 11 is 1.58. The van der Waals surface area contributed by atoms with Crippen molar-refractivity contribution in [2.45, 2.75) is 31.6 Å². The lowest BCUT2D eigenvalue weighted by Crippen LogP contribution is -2.31. The van der Waals surface area contributed by atoms with Gasteiger partial charge in [0.1, 0.15) is 5.75 Å². The normalized spacial score (nSPS) is 15.0. The number of benzene rings is 1. The maximum Gasteiger partial charge on any atom is 0.187 e. The van der Waals surface area contributed by atoms with Crippen molar-refractivity contribution in [1.29, 1.82) is 0 Å². The first-order chi connectivity index (χ1) is 10.2. The van der Waals surface area contributed by atoms with E-state index in [1.54, 1.807) is 11.8 Å². The van der Waals surface area contributed by atoms with Crippen molar-refractivity contribution in [2.75, 3.05) is 12.8 Å². The molecule has 1 aromatic carbocycles. The summed E-state index contributed by atoms with van der Waals surface area (Å²) < 4.78 is 0. The van der Waals surface area contributed by atoms with Crippen LogP contribution in [-0.2, 0) is 19.5 Å². The third kappa shape index (κ3) is 3.04. The van der Waals surface area contributed by atoms with E-state index in [0.717, 1.165) is 42.3 Å². The second-order valence-corrected chi connectivity index (χ2v) is 6.15. The van der Waals surface area contributed by atoms with E-state index in [-0.39, 0.29) is 0 Å². The molecule has 0 bridgehead atoms. The van der Waals surface area contributed by atoms with E-state index in [4.69, 9.17) is 0 Å². The summed E-state index contributed by atoms with van der Waals surface area (Å²) in [6, 6.07) is 5.92. The van der Waals surface area contributed by atoms with Crippen LogP contribution in [0.25, 0.3) is 0 Å². The van der Waals surface area contributed by atoms with Crippen molar-refractivity contribution < 1.29 is 5.11 Å². The Bertz CT molecular complexity index is 660. The Morgan fingerprint density at radius 1 is 1.38 bits per heavy atom. The molecule has 2 heterocycles. The van der Waals surface area contributed by atoms with Gasteiger partial charge in [0.2, 0.25) is 0 Å². The van der Waals surface area contributed by atoms with Crippen LogP contribution < -0.4 is 0 Å². The van der Waals surface area contributed by atoms with E-state index in [9.17, 15) is 5.11 Å². The Kier molecular flexibility index (Phi) is 4.12. The lowest BCUT2D eigenvalue weighted by atomic mass is 10.1. The molecule has 0 saturated carbocycles. The largest absolute Gasteiger partial charge is 0.507 e.